The maximum absolute atomic E-state index is 13.2. The van der Waals surface area contributed by atoms with Gasteiger partial charge in [0.15, 0.2) is 16.3 Å². The van der Waals surface area contributed by atoms with Crippen molar-refractivity contribution in [1.82, 2.24) is 4.57 Å². The summed E-state index contributed by atoms with van der Waals surface area (Å²) >= 11 is 7.32. The second-order valence-corrected chi connectivity index (χ2v) is 6.76. The normalized spacial score (nSPS) is 13.6. The fourth-order valence-corrected chi connectivity index (χ4v) is 4.01. The summed E-state index contributed by atoms with van der Waals surface area (Å²) in [6.07, 6.45) is 0. The van der Waals surface area contributed by atoms with Crippen LogP contribution in [0.25, 0.3) is 10.2 Å². The summed E-state index contributed by atoms with van der Waals surface area (Å²) in [6, 6.07) is 7.38. The van der Waals surface area contributed by atoms with Crippen molar-refractivity contribution in [2.75, 3.05) is 6.79 Å². The van der Waals surface area contributed by atoms with E-state index >= 15 is 0 Å². The lowest BCUT2D eigenvalue weighted by atomic mass is 10.2. The molecule has 128 valence electrons. The van der Waals surface area contributed by atoms with Gasteiger partial charge in [0, 0.05) is 18.7 Å². The molecule has 0 aliphatic carbocycles. The molecule has 0 unspecified atom stereocenters. The molecule has 0 spiro atoms. The Morgan fingerprint density at radius 3 is 2.80 bits per heavy atom. The van der Waals surface area contributed by atoms with Gasteiger partial charge in [-0.1, -0.05) is 22.9 Å². The van der Waals surface area contributed by atoms with Crippen LogP contribution in [-0.2, 0) is 6.54 Å². The van der Waals surface area contributed by atoms with Gasteiger partial charge in [0.25, 0.3) is 5.91 Å². The van der Waals surface area contributed by atoms with Crippen LogP contribution in [0.15, 0.2) is 35.3 Å². The lowest BCUT2D eigenvalue weighted by Crippen LogP contribution is -2.16. The quantitative estimate of drug-likeness (QED) is 0.677. The van der Waals surface area contributed by atoms with E-state index in [1.54, 1.807) is 0 Å². The van der Waals surface area contributed by atoms with E-state index in [1.165, 1.54) is 23.5 Å². The van der Waals surface area contributed by atoms with Crippen LogP contribution in [0, 0.1) is 5.82 Å². The third kappa shape index (κ3) is 2.79. The van der Waals surface area contributed by atoms with E-state index in [0.29, 0.717) is 22.8 Å². The van der Waals surface area contributed by atoms with Crippen LogP contribution in [0.3, 0.4) is 0 Å². The largest absolute Gasteiger partial charge is 0.454 e. The molecular weight excluding hydrogens is 367 g/mol. The molecule has 0 saturated carbocycles. The molecule has 25 heavy (non-hydrogen) atoms. The first-order valence-corrected chi connectivity index (χ1v) is 8.73. The molecule has 1 aliphatic rings. The number of carbonyl (C=O) groups excluding carboxylic acids is 1. The molecule has 4 rings (SSSR count). The average molecular weight is 379 g/mol. The third-order valence-electron chi connectivity index (χ3n) is 3.85. The number of halogens is 2. The van der Waals surface area contributed by atoms with E-state index in [9.17, 15) is 9.18 Å². The Kier molecular flexibility index (Phi) is 3.97. The molecule has 8 heteroatoms. The zero-order valence-corrected chi connectivity index (χ0v) is 14.7. The van der Waals surface area contributed by atoms with Crippen molar-refractivity contribution < 1.29 is 18.7 Å². The summed E-state index contributed by atoms with van der Waals surface area (Å²) < 4.78 is 26.8. The predicted octanol–water partition coefficient (Wildman–Crippen LogP) is 3.99. The lowest BCUT2D eigenvalue weighted by Gasteiger charge is -2.02. The van der Waals surface area contributed by atoms with Gasteiger partial charge in [0.2, 0.25) is 6.79 Å². The number of hydrogen-bond acceptors (Lipinski definition) is 4. The van der Waals surface area contributed by atoms with Crippen LogP contribution in [0.4, 0.5) is 4.39 Å². The van der Waals surface area contributed by atoms with Gasteiger partial charge < -0.3 is 14.0 Å². The number of carbonyl (C=O) groups is 1. The SMILES string of the molecule is CCn1c(=NC(=O)c2ccc(F)cc2Cl)sc2cc3c(cc21)OCO3. The summed E-state index contributed by atoms with van der Waals surface area (Å²) in [6.45, 7) is 2.80. The second kappa shape index (κ2) is 6.16. The number of amides is 1. The van der Waals surface area contributed by atoms with E-state index in [1.807, 2.05) is 23.6 Å². The van der Waals surface area contributed by atoms with Crippen molar-refractivity contribution in [3.05, 3.63) is 51.5 Å². The minimum absolute atomic E-state index is 0.0405. The first-order valence-electron chi connectivity index (χ1n) is 7.54. The van der Waals surface area contributed by atoms with Gasteiger partial charge in [0.1, 0.15) is 5.82 Å². The van der Waals surface area contributed by atoms with E-state index < -0.39 is 11.7 Å². The third-order valence-corrected chi connectivity index (χ3v) is 5.21. The number of aromatic nitrogens is 1. The van der Waals surface area contributed by atoms with Crippen LogP contribution in [-0.4, -0.2) is 17.3 Å². The summed E-state index contributed by atoms with van der Waals surface area (Å²) in [5.41, 5.74) is 1.07. The summed E-state index contributed by atoms with van der Waals surface area (Å²) in [7, 11) is 0. The highest BCUT2D eigenvalue weighted by Gasteiger charge is 2.18. The molecule has 5 nitrogen and oxygen atoms in total. The van der Waals surface area contributed by atoms with Crippen LogP contribution < -0.4 is 14.3 Å². The van der Waals surface area contributed by atoms with E-state index in [4.69, 9.17) is 21.1 Å². The van der Waals surface area contributed by atoms with Gasteiger partial charge in [-0.3, -0.25) is 4.79 Å². The number of fused-ring (bicyclic) bond motifs is 2. The van der Waals surface area contributed by atoms with Gasteiger partial charge in [-0.25, -0.2) is 4.39 Å². The zero-order chi connectivity index (χ0) is 17.6. The van der Waals surface area contributed by atoms with Crippen molar-refractivity contribution in [1.29, 1.82) is 0 Å². The number of aryl methyl sites for hydroxylation is 1. The average Bonchev–Trinajstić information content (AvgIpc) is 3.15. The molecule has 0 fully saturated rings. The zero-order valence-electron chi connectivity index (χ0n) is 13.1. The minimum Gasteiger partial charge on any atom is -0.454 e. The molecule has 0 radical (unpaired) electrons. The van der Waals surface area contributed by atoms with Crippen molar-refractivity contribution in [2.45, 2.75) is 13.5 Å². The minimum atomic E-state index is -0.515. The molecule has 3 aromatic rings. The Morgan fingerprint density at radius 2 is 2.08 bits per heavy atom. The van der Waals surface area contributed by atoms with Gasteiger partial charge in [-0.2, -0.15) is 4.99 Å². The van der Waals surface area contributed by atoms with Crippen LogP contribution in [0.1, 0.15) is 17.3 Å². The monoisotopic (exact) mass is 378 g/mol. The molecule has 0 bridgehead atoms. The van der Waals surface area contributed by atoms with Gasteiger partial charge in [-0.15, -0.1) is 0 Å². The van der Waals surface area contributed by atoms with E-state index in [-0.39, 0.29) is 17.4 Å². The maximum Gasteiger partial charge on any atom is 0.281 e. The standard InChI is InChI=1S/C17H12ClFN2O3S/c1-2-21-12-6-13-14(24-8-23-13)7-15(12)25-17(21)20-16(22)10-4-3-9(19)5-11(10)18/h3-7H,2,8H2,1H3. The Balaban J connectivity index is 1.85. The molecule has 1 amide bonds. The lowest BCUT2D eigenvalue weighted by molar-refractivity contribution is 0.0998. The van der Waals surface area contributed by atoms with Crippen LogP contribution in [0.5, 0.6) is 11.5 Å². The molecule has 1 aromatic heterocycles. The second-order valence-electron chi connectivity index (χ2n) is 5.34. The number of thiazole rings is 1. The summed E-state index contributed by atoms with van der Waals surface area (Å²) in [5, 5.41) is 0.0405. The molecule has 2 aromatic carbocycles. The van der Waals surface area contributed by atoms with Gasteiger partial charge in [-0.05, 0) is 25.1 Å². The molecule has 1 aliphatic heterocycles. The topological polar surface area (TPSA) is 52.8 Å². The van der Waals surface area contributed by atoms with E-state index in [2.05, 4.69) is 4.99 Å². The van der Waals surface area contributed by atoms with Crippen LogP contribution >= 0.6 is 22.9 Å². The van der Waals surface area contributed by atoms with Gasteiger partial charge >= 0.3 is 0 Å². The Bertz CT molecular complexity index is 1070. The highest BCUT2D eigenvalue weighted by Crippen LogP contribution is 2.37. The smallest absolute Gasteiger partial charge is 0.281 e. The molecule has 2 heterocycles. The summed E-state index contributed by atoms with van der Waals surface area (Å²) in [4.78, 5) is 17.2. The number of rotatable bonds is 2. The number of benzene rings is 2. The van der Waals surface area contributed by atoms with Crippen molar-refractivity contribution in [3.63, 3.8) is 0 Å². The molecule has 0 N–H and O–H groups in total. The first kappa shape index (κ1) is 16.1. The maximum atomic E-state index is 13.2. The van der Waals surface area contributed by atoms with Crippen LogP contribution in [0.2, 0.25) is 5.02 Å². The molecular formula is C17H12ClFN2O3S. The number of ether oxygens (including phenoxy) is 2. The Morgan fingerprint density at radius 1 is 1.32 bits per heavy atom. The van der Waals surface area contributed by atoms with Crippen molar-refractivity contribution in [2.24, 2.45) is 4.99 Å². The van der Waals surface area contributed by atoms with Gasteiger partial charge in [0.05, 0.1) is 20.8 Å². The first-order chi connectivity index (χ1) is 12.1. The predicted molar refractivity (Wildman–Crippen MR) is 92.9 cm³/mol. The van der Waals surface area contributed by atoms with Crippen molar-refractivity contribution in [3.8, 4) is 11.5 Å². The van der Waals surface area contributed by atoms with E-state index in [0.717, 1.165) is 16.3 Å². The molecule has 0 saturated heterocycles. The fraction of sp³-hybridized carbons (Fsp3) is 0.176. The summed E-state index contributed by atoms with van der Waals surface area (Å²) in [5.74, 6) is 0.337. The Hall–Kier alpha value is -2.38. The Labute approximate surface area is 150 Å². The fourth-order valence-electron chi connectivity index (χ4n) is 2.66. The highest BCUT2D eigenvalue weighted by molar-refractivity contribution is 7.16. The number of nitrogens with zero attached hydrogens (tertiary/aromatic N) is 2. The molecule has 0 atom stereocenters. The van der Waals surface area contributed by atoms with Crippen molar-refractivity contribution >= 4 is 39.1 Å². The highest BCUT2D eigenvalue weighted by atomic mass is 35.5. The number of hydrogen-bond donors (Lipinski definition) is 0.